The van der Waals surface area contributed by atoms with E-state index in [9.17, 15) is 9.59 Å². The first kappa shape index (κ1) is 14.2. The van der Waals surface area contributed by atoms with Crippen LogP contribution in [0.15, 0.2) is 23.3 Å². The lowest BCUT2D eigenvalue weighted by Crippen LogP contribution is -2.19. The van der Waals surface area contributed by atoms with Gasteiger partial charge >= 0.3 is 11.9 Å². The van der Waals surface area contributed by atoms with E-state index in [0.717, 1.165) is 0 Å². The molecule has 0 aliphatic rings. The van der Waals surface area contributed by atoms with Gasteiger partial charge in [0.15, 0.2) is 10.7 Å². The molecule has 0 aliphatic carbocycles. The van der Waals surface area contributed by atoms with Gasteiger partial charge in [-0.3, -0.25) is 0 Å². The predicted octanol–water partition coefficient (Wildman–Crippen LogP) is 1.57. The maximum Gasteiger partial charge on any atom is 0.347 e. The molecule has 18 heavy (non-hydrogen) atoms. The number of hydrogen-bond donors (Lipinski definition) is 1. The van der Waals surface area contributed by atoms with Crippen LogP contribution in [-0.4, -0.2) is 30.1 Å². The standard InChI is InChI=1S/C11H14N2O4S/c1-3-16-9(14)8(10(15)17-4-2)7-13-11-12-5-6-18-11/h5-7H,3-4H2,1-2H3,(H,12,13). The molecule has 98 valence electrons. The van der Waals surface area contributed by atoms with Gasteiger partial charge in [-0.2, -0.15) is 0 Å². The van der Waals surface area contributed by atoms with Crippen LogP contribution < -0.4 is 5.32 Å². The van der Waals surface area contributed by atoms with Crippen LogP contribution in [0.1, 0.15) is 13.8 Å². The predicted molar refractivity (Wildman–Crippen MR) is 67.1 cm³/mol. The number of esters is 2. The average Bonchev–Trinajstić information content (AvgIpc) is 2.83. The second-order valence-corrected chi connectivity index (χ2v) is 3.88. The topological polar surface area (TPSA) is 77.5 Å². The molecule has 0 atom stereocenters. The SMILES string of the molecule is CCOC(=O)C(=CNc1nccs1)C(=O)OCC. The smallest absolute Gasteiger partial charge is 0.347 e. The first-order chi connectivity index (χ1) is 8.69. The van der Waals surface area contributed by atoms with Gasteiger partial charge in [-0.05, 0) is 13.8 Å². The van der Waals surface area contributed by atoms with Crippen molar-refractivity contribution in [3.63, 3.8) is 0 Å². The van der Waals surface area contributed by atoms with E-state index in [1.165, 1.54) is 17.5 Å². The number of anilines is 1. The zero-order valence-corrected chi connectivity index (χ0v) is 11.0. The largest absolute Gasteiger partial charge is 0.462 e. The third-order valence-electron chi connectivity index (χ3n) is 1.76. The number of rotatable bonds is 6. The van der Waals surface area contributed by atoms with Crippen molar-refractivity contribution in [3.8, 4) is 0 Å². The fourth-order valence-electron chi connectivity index (χ4n) is 1.05. The van der Waals surface area contributed by atoms with Crippen LogP contribution in [0.25, 0.3) is 0 Å². The van der Waals surface area contributed by atoms with E-state index in [4.69, 9.17) is 9.47 Å². The van der Waals surface area contributed by atoms with Gasteiger partial charge in [-0.1, -0.05) is 0 Å². The Bertz CT molecular complexity index is 408. The minimum Gasteiger partial charge on any atom is -0.462 e. The van der Waals surface area contributed by atoms with Crippen molar-refractivity contribution in [3.05, 3.63) is 23.3 Å². The van der Waals surface area contributed by atoms with Crippen molar-refractivity contribution in [1.29, 1.82) is 0 Å². The molecular formula is C11H14N2O4S. The molecule has 7 heteroatoms. The van der Waals surface area contributed by atoms with Gasteiger partial charge in [0, 0.05) is 17.8 Å². The van der Waals surface area contributed by atoms with Crippen LogP contribution in [0.3, 0.4) is 0 Å². The molecule has 6 nitrogen and oxygen atoms in total. The van der Waals surface area contributed by atoms with E-state index in [0.29, 0.717) is 5.13 Å². The highest BCUT2D eigenvalue weighted by Crippen LogP contribution is 2.11. The normalized spacial score (nSPS) is 9.44. The maximum absolute atomic E-state index is 11.6. The molecule has 0 amide bonds. The molecule has 0 unspecified atom stereocenters. The van der Waals surface area contributed by atoms with Crippen LogP contribution >= 0.6 is 11.3 Å². The number of nitrogens with zero attached hydrogens (tertiary/aromatic N) is 1. The summed E-state index contributed by atoms with van der Waals surface area (Å²) in [4.78, 5) is 27.1. The summed E-state index contributed by atoms with van der Waals surface area (Å²) < 4.78 is 9.55. The molecule has 0 fully saturated rings. The van der Waals surface area contributed by atoms with Crippen LogP contribution in [0.5, 0.6) is 0 Å². The van der Waals surface area contributed by atoms with Gasteiger partial charge in [0.05, 0.1) is 13.2 Å². The molecule has 1 N–H and O–H groups in total. The van der Waals surface area contributed by atoms with Crippen molar-refractivity contribution in [2.75, 3.05) is 18.5 Å². The molecule has 0 radical (unpaired) electrons. The Balaban J connectivity index is 2.78. The average molecular weight is 270 g/mol. The number of hydrogen-bond acceptors (Lipinski definition) is 7. The summed E-state index contributed by atoms with van der Waals surface area (Å²) >= 11 is 1.34. The molecular weight excluding hydrogens is 256 g/mol. The Kier molecular flexibility index (Phi) is 5.86. The first-order valence-corrected chi connectivity index (χ1v) is 6.27. The number of ether oxygens (including phenoxy) is 2. The lowest BCUT2D eigenvalue weighted by atomic mass is 10.3. The van der Waals surface area contributed by atoms with Crippen LogP contribution in [-0.2, 0) is 19.1 Å². The molecule has 1 aromatic heterocycles. The molecule has 1 heterocycles. The minimum absolute atomic E-state index is 0.186. The van der Waals surface area contributed by atoms with Gasteiger partial charge in [-0.15, -0.1) is 11.3 Å². The Morgan fingerprint density at radius 2 is 1.94 bits per heavy atom. The van der Waals surface area contributed by atoms with E-state index < -0.39 is 11.9 Å². The number of carbonyl (C=O) groups is 2. The third kappa shape index (κ3) is 4.17. The Morgan fingerprint density at radius 1 is 1.33 bits per heavy atom. The highest BCUT2D eigenvalue weighted by atomic mass is 32.1. The van der Waals surface area contributed by atoms with E-state index in [2.05, 4.69) is 10.3 Å². The molecule has 1 aromatic rings. The van der Waals surface area contributed by atoms with Gasteiger partial charge in [0.25, 0.3) is 0 Å². The van der Waals surface area contributed by atoms with Crippen LogP contribution in [0, 0.1) is 0 Å². The summed E-state index contributed by atoms with van der Waals surface area (Å²) in [6.45, 7) is 3.70. The molecule has 0 aliphatic heterocycles. The summed E-state index contributed by atoms with van der Waals surface area (Å²) in [6, 6.07) is 0. The number of nitrogens with one attached hydrogen (secondary N) is 1. The van der Waals surface area contributed by atoms with Crippen molar-refractivity contribution in [2.24, 2.45) is 0 Å². The highest BCUT2D eigenvalue weighted by molar-refractivity contribution is 7.13. The Morgan fingerprint density at radius 3 is 2.39 bits per heavy atom. The maximum atomic E-state index is 11.6. The monoisotopic (exact) mass is 270 g/mol. The van der Waals surface area contributed by atoms with Crippen molar-refractivity contribution >= 4 is 28.4 Å². The quantitative estimate of drug-likeness (QED) is 0.366. The Hall–Kier alpha value is -1.89. The highest BCUT2D eigenvalue weighted by Gasteiger charge is 2.20. The Labute approximate surface area is 109 Å². The summed E-state index contributed by atoms with van der Waals surface area (Å²) in [5, 5.41) is 5.09. The second-order valence-electron chi connectivity index (χ2n) is 2.98. The van der Waals surface area contributed by atoms with E-state index >= 15 is 0 Å². The molecule has 0 aromatic carbocycles. The molecule has 0 saturated heterocycles. The zero-order chi connectivity index (χ0) is 13.4. The van der Waals surface area contributed by atoms with E-state index in [-0.39, 0.29) is 18.8 Å². The summed E-state index contributed by atoms with van der Waals surface area (Å²) in [5.74, 6) is -1.44. The summed E-state index contributed by atoms with van der Waals surface area (Å²) in [6.07, 6.45) is 2.85. The lowest BCUT2D eigenvalue weighted by Gasteiger charge is -2.06. The zero-order valence-electron chi connectivity index (χ0n) is 10.1. The molecule has 1 rings (SSSR count). The third-order valence-corrected chi connectivity index (χ3v) is 2.47. The van der Waals surface area contributed by atoms with Gasteiger partial charge in [0.2, 0.25) is 0 Å². The van der Waals surface area contributed by atoms with Gasteiger partial charge < -0.3 is 14.8 Å². The minimum atomic E-state index is -0.722. The fourth-order valence-corrected chi connectivity index (χ4v) is 1.55. The summed E-state index contributed by atoms with van der Waals surface area (Å²) in [5.41, 5.74) is -0.186. The van der Waals surface area contributed by atoms with Crippen molar-refractivity contribution in [1.82, 2.24) is 4.98 Å². The van der Waals surface area contributed by atoms with E-state index in [1.54, 1.807) is 25.4 Å². The van der Waals surface area contributed by atoms with Crippen molar-refractivity contribution < 1.29 is 19.1 Å². The number of carbonyl (C=O) groups excluding carboxylic acids is 2. The second kappa shape index (κ2) is 7.44. The van der Waals surface area contributed by atoms with Crippen molar-refractivity contribution in [2.45, 2.75) is 13.8 Å². The number of aromatic nitrogens is 1. The molecule has 0 spiro atoms. The molecule has 0 bridgehead atoms. The first-order valence-electron chi connectivity index (χ1n) is 5.39. The molecule has 0 saturated carbocycles. The van der Waals surface area contributed by atoms with Crippen LogP contribution in [0.2, 0.25) is 0 Å². The van der Waals surface area contributed by atoms with Gasteiger partial charge in [0.1, 0.15) is 0 Å². The summed E-state index contributed by atoms with van der Waals surface area (Å²) in [7, 11) is 0. The number of thiazole rings is 1. The van der Waals surface area contributed by atoms with Gasteiger partial charge in [-0.25, -0.2) is 14.6 Å². The van der Waals surface area contributed by atoms with E-state index in [1.807, 2.05) is 0 Å². The van der Waals surface area contributed by atoms with Crippen LogP contribution in [0.4, 0.5) is 5.13 Å². The fraction of sp³-hybridized carbons (Fsp3) is 0.364. The lowest BCUT2D eigenvalue weighted by molar-refractivity contribution is -0.146.